The lowest BCUT2D eigenvalue weighted by Gasteiger charge is -2.01. The van der Waals surface area contributed by atoms with Crippen LogP contribution in [0, 0.1) is 0 Å². The van der Waals surface area contributed by atoms with Crippen LogP contribution in [-0.2, 0) is 0 Å². The topological polar surface area (TPSA) is 0 Å². The Labute approximate surface area is 255 Å². The maximum atomic E-state index is 2.32. The lowest BCUT2D eigenvalue weighted by atomic mass is 10.6. The molecule has 0 aromatic carbocycles. The highest BCUT2D eigenvalue weighted by molar-refractivity contribution is 8.48. The minimum Gasteiger partial charge on any atom is -0.118 e. The van der Waals surface area contributed by atoms with E-state index < -0.39 is 0 Å². The van der Waals surface area contributed by atoms with E-state index in [1.54, 1.807) is 0 Å². The molecule has 0 aromatic heterocycles. The molecular formula is C22H24S12. The molecule has 0 aromatic rings. The third-order valence-corrected chi connectivity index (χ3v) is 19.7. The molecule has 0 saturated heterocycles. The van der Waals surface area contributed by atoms with Crippen LogP contribution in [0.4, 0.5) is 0 Å². The lowest BCUT2D eigenvalue weighted by molar-refractivity contribution is 1.53. The molecule has 34 heavy (non-hydrogen) atoms. The quantitative estimate of drug-likeness (QED) is 0.217. The maximum absolute atomic E-state index is 2.32. The number of hydrogen-bond donors (Lipinski definition) is 0. The van der Waals surface area contributed by atoms with Crippen molar-refractivity contribution in [2.45, 2.75) is 27.7 Å². The Morgan fingerprint density at radius 3 is 0.882 bits per heavy atom. The molecule has 12 heteroatoms. The van der Waals surface area contributed by atoms with Gasteiger partial charge in [0, 0.05) is 0 Å². The van der Waals surface area contributed by atoms with Crippen LogP contribution < -0.4 is 0 Å². The summed E-state index contributed by atoms with van der Waals surface area (Å²) in [6, 6.07) is 0. The molecular weight excluding hydrogens is 649 g/mol. The average molecular weight is 673 g/mol. The molecule has 0 fully saturated rings. The second kappa shape index (κ2) is 15.2. The van der Waals surface area contributed by atoms with Crippen LogP contribution in [0.1, 0.15) is 27.7 Å². The van der Waals surface area contributed by atoms with Crippen LogP contribution in [0.2, 0.25) is 0 Å². The summed E-state index contributed by atoms with van der Waals surface area (Å²) in [6.45, 7) is 8.95. The third-order valence-electron chi connectivity index (χ3n) is 3.86. The SMILES string of the molecule is CCSC1=C(SCC)SC(=CC=C2SC3=C(S2)SC(=CC=C2SC(SCC)=C(SCC)S2)S3)S1. The zero-order valence-electron chi connectivity index (χ0n) is 19.0. The Kier molecular flexibility index (Phi) is 13.2. The molecule has 184 valence electrons. The molecule has 4 heterocycles. The largest absolute Gasteiger partial charge is 0.118 e. The van der Waals surface area contributed by atoms with E-state index in [0.29, 0.717) is 0 Å². The van der Waals surface area contributed by atoms with Gasteiger partial charge in [0.2, 0.25) is 0 Å². The predicted molar refractivity (Wildman–Crippen MR) is 187 cm³/mol. The fourth-order valence-corrected chi connectivity index (χ4v) is 19.5. The summed E-state index contributed by atoms with van der Waals surface area (Å²) in [5, 5.41) is 0. The minimum atomic E-state index is 1.14. The Hall–Kier alpha value is 2.38. The summed E-state index contributed by atoms with van der Waals surface area (Å²) in [4.78, 5) is 0. The van der Waals surface area contributed by atoms with E-state index in [0.717, 1.165) is 23.0 Å². The summed E-state index contributed by atoms with van der Waals surface area (Å²) in [5.74, 6) is 4.56. The standard InChI is InChI=1S/C22H24S12/c1-5-23-17-18(24-6-2)28-13(27-17)9-11-15-31-21-22(32-15)34-16(33-21)12-10-14-29-19(25-7-3)20(30-14)26-8-4/h9-12H,5-8H2,1-4H3. The van der Waals surface area contributed by atoms with Crippen LogP contribution >= 0.6 is 141 Å². The van der Waals surface area contributed by atoms with Gasteiger partial charge >= 0.3 is 0 Å². The monoisotopic (exact) mass is 672 g/mol. The minimum absolute atomic E-state index is 1.14. The summed E-state index contributed by atoms with van der Waals surface area (Å²) in [6.07, 6.45) is 9.28. The van der Waals surface area contributed by atoms with E-state index in [1.807, 2.05) is 141 Å². The van der Waals surface area contributed by atoms with Gasteiger partial charge in [0.15, 0.2) is 0 Å². The van der Waals surface area contributed by atoms with E-state index in [9.17, 15) is 0 Å². The predicted octanol–water partition coefficient (Wildman–Crippen LogP) is 12.7. The maximum Gasteiger partial charge on any atom is 0.0716 e. The molecule has 4 aliphatic heterocycles. The third kappa shape index (κ3) is 8.19. The molecule has 4 rings (SSSR count). The molecule has 0 bridgehead atoms. The first-order valence-electron chi connectivity index (χ1n) is 10.6. The number of allylic oxidation sites excluding steroid dienone is 4. The van der Waals surface area contributed by atoms with Gasteiger partial charge in [-0.3, -0.25) is 0 Å². The first kappa shape index (κ1) is 29.4. The van der Waals surface area contributed by atoms with E-state index >= 15 is 0 Å². The van der Waals surface area contributed by atoms with Gasteiger partial charge < -0.3 is 0 Å². The fraction of sp³-hybridized carbons (Fsp3) is 0.364. The van der Waals surface area contributed by atoms with Crippen LogP contribution in [-0.4, -0.2) is 23.0 Å². The first-order chi connectivity index (χ1) is 16.6. The van der Waals surface area contributed by atoms with Gasteiger partial charge in [-0.1, -0.05) is 122 Å². The number of hydrogen-bond acceptors (Lipinski definition) is 12. The van der Waals surface area contributed by atoms with Crippen molar-refractivity contribution in [2.24, 2.45) is 0 Å². The van der Waals surface area contributed by atoms with Crippen molar-refractivity contribution in [3.63, 3.8) is 0 Å². The van der Waals surface area contributed by atoms with Crippen molar-refractivity contribution in [2.75, 3.05) is 23.0 Å². The molecule has 0 N–H and O–H groups in total. The van der Waals surface area contributed by atoms with Gasteiger partial charge in [-0.25, -0.2) is 0 Å². The van der Waals surface area contributed by atoms with Gasteiger partial charge in [0.05, 0.1) is 42.4 Å². The zero-order chi connectivity index (χ0) is 23.9. The highest BCUT2D eigenvalue weighted by Gasteiger charge is 2.30. The lowest BCUT2D eigenvalue weighted by Crippen LogP contribution is -1.72. The van der Waals surface area contributed by atoms with Crippen molar-refractivity contribution >= 4 is 141 Å². The van der Waals surface area contributed by atoms with E-state index in [-0.39, 0.29) is 0 Å². The van der Waals surface area contributed by atoms with Crippen molar-refractivity contribution < 1.29 is 0 Å². The highest BCUT2D eigenvalue weighted by Crippen LogP contribution is 2.67. The van der Waals surface area contributed by atoms with Crippen molar-refractivity contribution in [1.29, 1.82) is 0 Å². The van der Waals surface area contributed by atoms with E-state index in [4.69, 9.17) is 0 Å². The Morgan fingerprint density at radius 2 is 0.647 bits per heavy atom. The summed E-state index contributed by atoms with van der Waals surface area (Å²) in [5.41, 5.74) is 0. The molecule has 0 radical (unpaired) electrons. The number of thioether (sulfide) groups is 12. The average Bonchev–Trinajstić information content (AvgIpc) is 3.56. The Bertz CT molecular complexity index is 871. The van der Waals surface area contributed by atoms with Gasteiger partial charge in [0.1, 0.15) is 0 Å². The van der Waals surface area contributed by atoms with E-state index in [2.05, 4.69) is 52.0 Å². The van der Waals surface area contributed by atoms with Crippen molar-refractivity contribution in [1.82, 2.24) is 0 Å². The zero-order valence-corrected chi connectivity index (χ0v) is 28.8. The molecule has 0 atom stereocenters. The van der Waals surface area contributed by atoms with Crippen molar-refractivity contribution in [3.05, 3.63) is 66.7 Å². The van der Waals surface area contributed by atoms with Gasteiger partial charge in [0.25, 0.3) is 0 Å². The van der Waals surface area contributed by atoms with Gasteiger partial charge in [-0.15, -0.1) is 47.0 Å². The second-order valence-electron chi connectivity index (χ2n) is 6.22. The van der Waals surface area contributed by atoms with Crippen LogP contribution in [0.15, 0.2) is 66.7 Å². The van der Waals surface area contributed by atoms with Crippen LogP contribution in [0.3, 0.4) is 0 Å². The molecule has 0 spiro atoms. The Balaban J connectivity index is 1.30. The van der Waals surface area contributed by atoms with E-state index in [1.165, 1.54) is 42.4 Å². The highest BCUT2D eigenvalue weighted by atomic mass is 32.3. The van der Waals surface area contributed by atoms with Crippen molar-refractivity contribution in [3.8, 4) is 0 Å². The molecule has 0 amide bonds. The number of rotatable bonds is 10. The first-order valence-corrected chi connectivity index (χ1v) is 21.1. The van der Waals surface area contributed by atoms with Crippen LogP contribution in [0.5, 0.6) is 0 Å². The van der Waals surface area contributed by atoms with Gasteiger partial charge in [-0.05, 0) is 47.3 Å². The molecule has 0 unspecified atom stereocenters. The summed E-state index contributed by atoms with van der Waals surface area (Å²) in [7, 11) is 0. The van der Waals surface area contributed by atoms with Crippen LogP contribution in [0.25, 0.3) is 0 Å². The smallest absolute Gasteiger partial charge is 0.0716 e. The second-order valence-corrected chi connectivity index (χ2v) is 22.3. The summed E-state index contributed by atoms with van der Waals surface area (Å²) < 4.78 is 14.4. The Morgan fingerprint density at radius 1 is 0.412 bits per heavy atom. The molecule has 4 aliphatic rings. The summed E-state index contributed by atoms with van der Waals surface area (Å²) >= 11 is 23.4. The normalized spacial score (nSPS) is 20.4. The van der Waals surface area contributed by atoms with Gasteiger partial charge in [-0.2, -0.15) is 0 Å². The molecule has 0 aliphatic carbocycles. The fourth-order valence-electron chi connectivity index (χ4n) is 2.61. The molecule has 0 nitrogen and oxygen atoms in total. The molecule has 0 saturated carbocycles.